The zero-order chi connectivity index (χ0) is 26.6. The van der Waals surface area contributed by atoms with E-state index in [0.29, 0.717) is 6.54 Å². The topological polar surface area (TPSA) is 87.7 Å². The summed E-state index contributed by atoms with van der Waals surface area (Å²) in [6, 6.07) is 6.08. The molecule has 0 heterocycles. The van der Waals surface area contributed by atoms with Crippen molar-refractivity contribution in [2.75, 3.05) is 6.54 Å². The standard InChI is InChI=1S/C28H47N3O4/c1-9-11-12-13-18-31(26(33)22(5)30-27(34)35-28(6,7)8)24(23-17-14-16-20(3)19-23)25(32)29-21(4)15-10-2/h14,16-17,19,21-22,24H,9-13,15,18H2,1-8H3,(H,29,32)(H,30,34). The SMILES string of the molecule is CCCCCCN(C(=O)C(C)NC(=O)OC(C)(C)C)C(C(=O)NC(C)CCC)c1cccc(C)c1. The number of hydrogen-bond donors (Lipinski definition) is 2. The zero-order valence-corrected chi connectivity index (χ0v) is 23.1. The Hall–Kier alpha value is -2.57. The molecule has 0 aromatic heterocycles. The first-order valence-corrected chi connectivity index (χ1v) is 13.1. The Bertz CT molecular complexity index is 819. The predicted molar refractivity (Wildman–Crippen MR) is 141 cm³/mol. The van der Waals surface area contributed by atoms with E-state index in [2.05, 4.69) is 24.5 Å². The minimum Gasteiger partial charge on any atom is -0.444 e. The molecule has 0 aliphatic heterocycles. The maximum atomic E-state index is 13.7. The van der Waals surface area contributed by atoms with E-state index >= 15 is 0 Å². The lowest BCUT2D eigenvalue weighted by Gasteiger charge is -2.34. The fraction of sp³-hybridized carbons (Fsp3) is 0.679. The third-order valence-corrected chi connectivity index (χ3v) is 5.67. The summed E-state index contributed by atoms with van der Waals surface area (Å²) in [5.41, 5.74) is 1.10. The fourth-order valence-corrected chi connectivity index (χ4v) is 4.01. The Morgan fingerprint density at radius 2 is 1.69 bits per heavy atom. The average molecular weight is 490 g/mol. The lowest BCUT2D eigenvalue weighted by atomic mass is 10.00. The van der Waals surface area contributed by atoms with Crippen LogP contribution in [0.4, 0.5) is 4.79 Å². The molecule has 0 saturated carbocycles. The van der Waals surface area contributed by atoms with Gasteiger partial charge in [0.15, 0.2) is 0 Å². The molecule has 198 valence electrons. The molecule has 1 aromatic rings. The average Bonchev–Trinajstić information content (AvgIpc) is 2.73. The van der Waals surface area contributed by atoms with E-state index in [-0.39, 0.29) is 17.9 Å². The molecule has 0 saturated heterocycles. The molecule has 0 fully saturated rings. The van der Waals surface area contributed by atoms with Gasteiger partial charge in [-0.3, -0.25) is 9.59 Å². The summed E-state index contributed by atoms with van der Waals surface area (Å²) in [4.78, 5) is 41.3. The number of carbonyl (C=O) groups is 3. The molecule has 3 unspecified atom stereocenters. The Morgan fingerprint density at radius 3 is 2.26 bits per heavy atom. The minimum absolute atomic E-state index is 0.00540. The first-order chi connectivity index (χ1) is 16.4. The van der Waals surface area contributed by atoms with Crippen LogP contribution in [-0.4, -0.2) is 47.0 Å². The highest BCUT2D eigenvalue weighted by molar-refractivity contribution is 5.92. The summed E-state index contributed by atoms with van der Waals surface area (Å²) >= 11 is 0. The second kappa shape index (κ2) is 14.7. The van der Waals surface area contributed by atoms with Crippen molar-refractivity contribution in [2.45, 2.75) is 118 Å². The molecule has 7 nitrogen and oxygen atoms in total. The molecular formula is C28H47N3O4. The highest BCUT2D eigenvalue weighted by Gasteiger charge is 2.34. The number of unbranched alkanes of at least 4 members (excludes halogenated alkanes) is 3. The summed E-state index contributed by atoms with van der Waals surface area (Å²) < 4.78 is 5.34. The number of amides is 3. The Balaban J connectivity index is 3.30. The summed E-state index contributed by atoms with van der Waals surface area (Å²) in [6.45, 7) is 15.5. The Morgan fingerprint density at radius 1 is 1.00 bits per heavy atom. The number of nitrogens with one attached hydrogen (secondary N) is 2. The van der Waals surface area contributed by atoms with Crippen LogP contribution in [0.1, 0.15) is 104 Å². The molecule has 1 aromatic carbocycles. The number of aryl methyl sites for hydroxylation is 1. The van der Waals surface area contributed by atoms with Crippen LogP contribution >= 0.6 is 0 Å². The van der Waals surface area contributed by atoms with Gasteiger partial charge in [-0.1, -0.05) is 69.4 Å². The van der Waals surface area contributed by atoms with Crippen molar-refractivity contribution in [1.82, 2.24) is 15.5 Å². The van der Waals surface area contributed by atoms with E-state index in [1.165, 1.54) is 0 Å². The Labute approximate surface area is 212 Å². The first kappa shape index (κ1) is 30.5. The number of hydrogen-bond acceptors (Lipinski definition) is 4. The smallest absolute Gasteiger partial charge is 0.408 e. The van der Waals surface area contributed by atoms with E-state index in [1.807, 2.05) is 38.1 Å². The van der Waals surface area contributed by atoms with E-state index in [4.69, 9.17) is 4.74 Å². The summed E-state index contributed by atoms with van der Waals surface area (Å²) in [5, 5.41) is 5.75. The van der Waals surface area contributed by atoms with Gasteiger partial charge < -0.3 is 20.3 Å². The number of rotatable bonds is 13. The van der Waals surface area contributed by atoms with E-state index in [1.54, 1.807) is 32.6 Å². The van der Waals surface area contributed by atoms with E-state index < -0.39 is 23.8 Å². The van der Waals surface area contributed by atoms with Crippen LogP contribution in [0.25, 0.3) is 0 Å². The molecule has 3 atom stereocenters. The van der Waals surface area contributed by atoms with Crippen molar-refractivity contribution < 1.29 is 19.1 Å². The van der Waals surface area contributed by atoms with Gasteiger partial charge in [0, 0.05) is 12.6 Å². The van der Waals surface area contributed by atoms with Crippen LogP contribution in [0.5, 0.6) is 0 Å². The van der Waals surface area contributed by atoms with Crippen molar-refractivity contribution in [3.05, 3.63) is 35.4 Å². The normalized spacial score (nSPS) is 13.9. The maximum absolute atomic E-state index is 13.7. The largest absolute Gasteiger partial charge is 0.444 e. The van der Waals surface area contributed by atoms with Gasteiger partial charge >= 0.3 is 6.09 Å². The highest BCUT2D eigenvalue weighted by atomic mass is 16.6. The molecular weight excluding hydrogens is 442 g/mol. The van der Waals surface area contributed by atoms with Crippen molar-refractivity contribution in [3.63, 3.8) is 0 Å². The van der Waals surface area contributed by atoms with Gasteiger partial charge in [-0.2, -0.15) is 0 Å². The molecule has 0 spiro atoms. The summed E-state index contributed by atoms with van der Waals surface area (Å²) in [7, 11) is 0. The minimum atomic E-state index is -0.843. The molecule has 0 aliphatic rings. The number of nitrogens with zero attached hydrogens (tertiary/aromatic N) is 1. The number of benzene rings is 1. The third kappa shape index (κ3) is 11.1. The van der Waals surface area contributed by atoms with Crippen LogP contribution in [0, 0.1) is 6.92 Å². The van der Waals surface area contributed by atoms with Gasteiger partial charge in [0.25, 0.3) is 0 Å². The molecule has 0 radical (unpaired) electrons. The van der Waals surface area contributed by atoms with Crippen molar-refractivity contribution in [1.29, 1.82) is 0 Å². The van der Waals surface area contributed by atoms with Crippen molar-refractivity contribution in [3.8, 4) is 0 Å². The first-order valence-electron chi connectivity index (χ1n) is 13.1. The van der Waals surface area contributed by atoms with Gasteiger partial charge in [0.2, 0.25) is 11.8 Å². The second-order valence-corrected chi connectivity index (χ2v) is 10.5. The van der Waals surface area contributed by atoms with E-state index in [0.717, 1.165) is 49.7 Å². The van der Waals surface area contributed by atoms with Crippen LogP contribution in [0.2, 0.25) is 0 Å². The van der Waals surface area contributed by atoms with Crippen LogP contribution < -0.4 is 10.6 Å². The molecule has 3 amide bonds. The predicted octanol–water partition coefficient (Wildman–Crippen LogP) is 5.66. The lowest BCUT2D eigenvalue weighted by molar-refractivity contribution is -0.142. The van der Waals surface area contributed by atoms with Gasteiger partial charge in [-0.05, 0) is 59.9 Å². The Kier molecular flexibility index (Phi) is 12.8. The van der Waals surface area contributed by atoms with Crippen LogP contribution in [0.15, 0.2) is 24.3 Å². The third-order valence-electron chi connectivity index (χ3n) is 5.67. The maximum Gasteiger partial charge on any atom is 0.408 e. The van der Waals surface area contributed by atoms with Gasteiger partial charge in [-0.25, -0.2) is 4.79 Å². The second-order valence-electron chi connectivity index (χ2n) is 10.5. The van der Waals surface area contributed by atoms with E-state index in [9.17, 15) is 14.4 Å². The monoisotopic (exact) mass is 489 g/mol. The molecule has 35 heavy (non-hydrogen) atoms. The number of carbonyl (C=O) groups excluding carboxylic acids is 3. The van der Waals surface area contributed by atoms with Gasteiger partial charge in [-0.15, -0.1) is 0 Å². The number of ether oxygens (including phenoxy) is 1. The van der Waals surface area contributed by atoms with Crippen LogP contribution in [-0.2, 0) is 14.3 Å². The zero-order valence-electron chi connectivity index (χ0n) is 23.1. The summed E-state index contributed by atoms with van der Waals surface area (Å²) in [5.74, 6) is -0.512. The molecule has 0 bridgehead atoms. The molecule has 7 heteroatoms. The number of alkyl carbamates (subject to hydrolysis) is 1. The summed E-state index contributed by atoms with van der Waals surface area (Å²) in [6.07, 6.45) is 5.02. The molecule has 2 N–H and O–H groups in total. The molecule has 1 rings (SSSR count). The highest BCUT2D eigenvalue weighted by Crippen LogP contribution is 2.25. The van der Waals surface area contributed by atoms with Gasteiger partial charge in [0.1, 0.15) is 17.7 Å². The van der Waals surface area contributed by atoms with Crippen molar-refractivity contribution in [2.24, 2.45) is 0 Å². The quantitative estimate of drug-likeness (QED) is 0.350. The molecule has 0 aliphatic carbocycles. The fourth-order valence-electron chi connectivity index (χ4n) is 4.01. The lowest BCUT2D eigenvalue weighted by Crippen LogP contribution is -2.52. The van der Waals surface area contributed by atoms with Gasteiger partial charge in [0.05, 0.1) is 0 Å². The van der Waals surface area contributed by atoms with Crippen LogP contribution in [0.3, 0.4) is 0 Å². The van der Waals surface area contributed by atoms with Crippen molar-refractivity contribution >= 4 is 17.9 Å².